The average molecular weight is 273 g/mol. The highest BCUT2D eigenvalue weighted by Crippen LogP contribution is 2.26. The molecule has 7 nitrogen and oxygen atoms in total. The maximum atomic E-state index is 10.9. The molecule has 0 bridgehead atoms. The van der Waals surface area contributed by atoms with Crippen molar-refractivity contribution >= 4 is 23.1 Å². The van der Waals surface area contributed by atoms with Crippen LogP contribution in [0, 0.1) is 16.0 Å². The summed E-state index contributed by atoms with van der Waals surface area (Å²) in [6.45, 7) is 3.28. The van der Waals surface area contributed by atoms with E-state index in [-0.39, 0.29) is 28.7 Å². The van der Waals surface area contributed by atoms with Crippen molar-refractivity contribution in [2.24, 2.45) is 5.92 Å². The number of nitrogens with one attached hydrogen (secondary N) is 1. The summed E-state index contributed by atoms with van der Waals surface area (Å²) in [6, 6.07) is 0.0865. The van der Waals surface area contributed by atoms with E-state index in [0.717, 1.165) is 12.6 Å². The Labute approximate surface area is 109 Å². The summed E-state index contributed by atoms with van der Waals surface area (Å²) in [5.74, 6) is 0.422. The lowest BCUT2D eigenvalue weighted by Gasteiger charge is -2.29. The smallest absolute Gasteiger partial charge is 0.329 e. The van der Waals surface area contributed by atoms with Gasteiger partial charge in [0.2, 0.25) is 11.1 Å². The number of nitrogens with zero attached hydrogens (tertiary/aromatic N) is 3. The van der Waals surface area contributed by atoms with Gasteiger partial charge < -0.3 is 10.1 Å². The largest absolute Gasteiger partial charge is 0.381 e. The van der Waals surface area contributed by atoms with Crippen LogP contribution in [0.3, 0.4) is 0 Å². The third-order valence-electron chi connectivity index (χ3n) is 2.90. The van der Waals surface area contributed by atoms with Crippen molar-refractivity contribution in [2.45, 2.75) is 19.4 Å². The molecule has 1 aliphatic heterocycles. The molecule has 98 valence electrons. The third-order valence-corrected chi connectivity index (χ3v) is 3.08. The predicted octanol–water partition coefficient (Wildman–Crippen LogP) is 1.88. The highest BCUT2D eigenvalue weighted by atomic mass is 35.5. The molecule has 0 spiro atoms. The SMILES string of the molecule is CC1COCCC1Nc1nc(Cl)ncc1[N+](=O)[O-]. The van der Waals surface area contributed by atoms with E-state index in [4.69, 9.17) is 16.3 Å². The molecule has 0 radical (unpaired) electrons. The van der Waals surface area contributed by atoms with Crippen LogP contribution in [-0.2, 0) is 4.74 Å². The predicted molar refractivity (Wildman–Crippen MR) is 65.7 cm³/mol. The number of anilines is 1. The van der Waals surface area contributed by atoms with E-state index in [9.17, 15) is 10.1 Å². The van der Waals surface area contributed by atoms with E-state index in [1.807, 2.05) is 6.92 Å². The minimum Gasteiger partial charge on any atom is -0.381 e. The van der Waals surface area contributed by atoms with E-state index >= 15 is 0 Å². The van der Waals surface area contributed by atoms with Crippen LogP contribution in [0.4, 0.5) is 11.5 Å². The van der Waals surface area contributed by atoms with Crippen LogP contribution in [-0.4, -0.2) is 34.1 Å². The zero-order chi connectivity index (χ0) is 13.1. The Balaban J connectivity index is 2.21. The topological polar surface area (TPSA) is 90.2 Å². The maximum Gasteiger partial charge on any atom is 0.329 e. The van der Waals surface area contributed by atoms with E-state index < -0.39 is 4.92 Å². The van der Waals surface area contributed by atoms with Gasteiger partial charge in [0.05, 0.1) is 11.5 Å². The zero-order valence-electron chi connectivity index (χ0n) is 9.80. The van der Waals surface area contributed by atoms with Crippen molar-refractivity contribution in [1.29, 1.82) is 0 Å². The first kappa shape index (κ1) is 13.0. The Kier molecular flexibility index (Phi) is 3.93. The molecule has 1 saturated heterocycles. The molecule has 2 atom stereocenters. The molecule has 1 aromatic rings. The monoisotopic (exact) mass is 272 g/mol. The molecule has 0 saturated carbocycles. The molecule has 2 rings (SSSR count). The van der Waals surface area contributed by atoms with Crippen molar-refractivity contribution in [3.8, 4) is 0 Å². The molecule has 1 fully saturated rings. The molecule has 8 heteroatoms. The van der Waals surface area contributed by atoms with Gasteiger partial charge in [0.1, 0.15) is 6.20 Å². The molecule has 0 aliphatic carbocycles. The Bertz CT molecular complexity index is 457. The van der Waals surface area contributed by atoms with Gasteiger partial charge in [0.15, 0.2) is 0 Å². The minimum atomic E-state index is -0.525. The summed E-state index contributed by atoms with van der Waals surface area (Å²) in [7, 11) is 0. The highest BCUT2D eigenvalue weighted by Gasteiger charge is 2.25. The second-order valence-corrected chi connectivity index (χ2v) is 4.56. The Hall–Kier alpha value is -1.47. The summed E-state index contributed by atoms with van der Waals surface area (Å²) in [4.78, 5) is 17.9. The van der Waals surface area contributed by atoms with Crippen LogP contribution < -0.4 is 5.32 Å². The fourth-order valence-electron chi connectivity index (χ4n) is 1.86. The van der Waals surface area contributed by atoms with Gasteiger partial charge in [-0.15, -0.1) is 0 Å². The van der Waals surface area contributed by atoms with Gasteiger partial charge in [-0.25, -0.2) is 4.98 Å². The van der Waals surface area contributed by atoms with Gasteiger partial charge >= 0.3 is 5.69 Å². The standard InChI is InChI=1S/C10H13ClN4O3/c1-6-5-18-3-2-7(6)13-9-8(15(16)17)4-12-10(11)14-9/h4,6-7H,2-3,5H2,1H3,(H,12,13,14). The maximum absolute atomic E-state index is 10.9. The van der Waals surface area contributed by atoms with Crippen LogP contribution in [0.2, 0.25) is 5.28 Å². The van der Waals surface area contributed by atoms with Crippen molar-refractivity contribution in [3.63, 3.8) is 0 Å². The number of rotatable bonds is 3. The lowest BCUT2D eigenvalue weighted by Crippen LogP contribution is -2.36. The van der Waals surface area contributed by atoms with Crippen molar-refractivity contribution < 1.29 is 9.66 Å². The second-order valence-electron chi connectivity index (χ2n) is 4.22. The van der Waals surface area contributed by atoms with Gasteiger partial charge in [0.25, 0.3) is 0 Å². The van der Waals surface area contributed by atoms with Gasteiger partial charge in [-0.3, -0.25) is 10.1 Å². The molecule has 18 heavy (non-hydrogen) atoms. The minimum absolute atomic E-state index is 0.0113. The summed E-state index contributed by atoms with van der Waals surface area (Å²) in [6.07, 6.45) is 1.89. The first-order valence-corrected chi connectivity index (χ1v) is 5.97. The van der Waals surface area contributed by atoms with Crippen LogP contribution in [0.5, 0.6) is 0 Å². The number of halogens is 1. The Morgan fingerprint density at radius 3 is 3.11 bits per heavy atom. The number of nitro groups is 1. The average Bonchev–Trinajstić information content (AvgIpc) is 2.32. The van der Waals surface area contributed by atoms with Gasteiger partial charge in [-0.05, 0) is 23.9 Å². The van der Waals surface area contributed by atoms with E-state index in [0.29, 0.717) is 13.2 Å². The fraction of sp³-hybridized carbons (Fsp3) is 0.600. The molecular formula is C10H13ClN4O3. The number of hydrogen-bond acceptors (Lipinski definition) is 6. The van der Waals surface area contributed by atoms with Crippen LogP contribution in [0.25, 0.3) is 0 Å². The lowest BCUT2D eigenvalue weighted by atomic mass is 9.98. The van der Waals surface area contributed by atoms with Crippen molar-refractivity contribution in [3.05, 3.63) is 21.6 Å². The van der Waals surface area contributed by atoms with Crippen LogP contribution >= 0.6 is 11.6 Å². The van der Waals surface area contributed by atoms with Gasteiger partial charge in [0, 0.05) is 12.6 Å². The molecular weight excluding hydrogens is 260 g/mol. The first-order chi connectivity index (χ1) is 8.58. The highest BCUT2D eigenvalue weighted by molar-refractivity contribution is 6.28. The lowest BCUT2D eigenvalue weighted by molar-refractivity contribution is -0.384. The van der Waals surface area contributed by atoms with Crippen molar-refractivity contribution in [1.82, 2.24) is 9.97 Å². The zero-order valence-corrected chi connectivity index (χ0v) is 10.6. The Morgan fingerprint density at radius 1 is 1.67 bits per heavy atom. The Morgan fingerprint density at radius 2 is 2.44 bits per heavy atom. The normalized spacial score (nSPS) is 23.7. The second kappa shape index (κ2) is 5.45. The molecule has 1 N–H and O–H groups in total. The number of aromatic nitrogens is 2. The molecule has 2 unspecified atom stereocenters. The number of ether oxygens (including phenoxy) is 1. The quantitative estimate of drug-likeness (QED) is 0.513. The van der Waals surface area contributed by atoms with Crippen molar-refractivity contribution in [2.75, 3.05) is 18.5 Å². The third kappa shape index (κ3) is 2.85. The van der Waals surface area contributed by atoms with Crippen LogP contribution in [0.1, 0.15) is 13.3 Å². The summed E-state index contributed by atoms with van der Waals surface area (Å²) >= 11 is 5.67. The summed E-state index contributed by atoms with van der Waals surface area (Å²) in [5.41, 5.74) is -0.168. The molecule has 1 aromatic heterocycles. The molecule has 0 amide bonds. The van der Waals surface area contributed by atoms with E-state index in [2.05, 4.69) is 15.3 Å². The number of hydrogen-bond donors (Lipinski definition) is 1. The van der Waals surface area contributed by atoms with E-state index in [1.165, 1.54) is 0 Å². The first-order valence-electron chi connectivity index (χ1n) is 5.59. The van der Waals surface area contributed by atoms with Crippen LogP contribution in [0.15, 0.2) is 6.20 Å². The molecule has 2 heterocycles. The molecule has 1 aliphatic rings. The fourth-order valence-corrected chi connectivity index (χ4v) is 2.00. The summed E-state index contributed by atoms with van der Waals surface area (Å²) < 4.78 is 5.32. The van der Waals surface area contributed by atoms with Gasteiger partial charge in [-0.1, -0.05) is 6.92 Å². The van der Waals surface area contributed by atoms with Gasteiger partial charge in [-0.2, -0.15) is 4.98 Å². The summed E-state index contributed by atoms with van der Waals surface area (Å²) in [5, 5.41) is 13.9. The van der Waals surface area contributed by atoms with E-state index in [1.54, 1.807) is 0 Å². The molecule has 0 aromatic carbocycles.